The van der Waals surface area contributed by atoms with E-state index in [0.29, 0.717) is 5.56 Å². The van der Waals surface area contributed by atoms with Crippen LogP contribution in [0.5, 0.6) is 0 Å². The molecule has 0 aromatic heterocycles. The number of esters is 2. The molecule has 0 radical (unpaired) electrons. The van der Waals surface area contributed by atoms with Gasteiger partial charge >= 0.3 is 23.9 Å². The molecule has 8 heteroatoms. The van der Waals surface area contributed by atoms with E-state index in [0.717, 1.165) is 12.2 Å². The summed E-state index contributed by atoms with van der Waals surface area (Å²) >= 11 is 0. The van der Waals surface area contributed by atoms with Crippen molar-refractivity contribution in [3.8, 4) is 0 Å². The zero-order valence-corrected chi connectivity index (χ0v) is 13.9. The van der Waals surface area contributed by atoms with Gasteiger partial charge in [-0.05, 0) is 17.2 Å². The Labute approximate surface area is 149 Å². The third kappa shape index (κ3) is 5.59. The first-order valence-electron chi connectivity index (χ1n) is 7.51. The summed E-state index contributed by atoms with van der Waals surface area (Å²) in [6.45, 7) is 6.31. The number of benzene rings is 1. The molecule has 0 bridgehead atoms. The van der Waals surface area contributed by atoms with Crippen molar-refractivity contribution in [1.82, 2.24) is 0 Å². The van der Waals surface area contributed by atoms with Gasteiger partial charge in [0.1, 0.15) is 0 Å². The van der Waals surface area contributed by atoms with Gasteiger partial charge in [0.2, 0.25) is 0 Å². The Balaban J connectivity index is 3.18. The van der Waals surface area contributed by atoms with Gasteiger partial charge in [-0.15, -0.1) is 0 Å². The minimum absolute atomic E-state index is 0.0208. The summed E-state index contributed by atoms with van der Waals surface area (Å²) in [4.78, 5) is 45.2. The maximum Gasteiger partial charge on any atom is 0.336 e. The largest absolute Gasteiger partial charge is 0.478 e. The van der Waals surface area contributed by atoms with Gasteiger partial charge in [-0.25, -0.2) is 19.2 Å². The van der Waals surface area contributed by atoms with E-state index in [1.807, 2.05) is 0 Å². The molecule has 0 fully saturated rings. The lowest BCUT2D eigenvalue weighted by molar-refractivity contribution is -0.138. The van der Waals surface area contributed by atoms with Crippen LogP contribution in [0.15, 0.2) is 37.4 Å². The zero-order chi connectivity index (χ0) is 19.7. The van der Waals surface area contributed by atoms with E-state index >= 15 is 0 Å². The molecule has 1 aromatic rings. The van der Waals surface area contributed by atoms with Gasteiger partial charge in [0.05, 0.1) is 24.3 Å². The fraction of sp³-hybridized carbons (Fsp3) is 0.222. The Hall–Kier alpha value is -3.42. The molecule has 0 unspecified atom stereocenters. The Morgan fingerprint density at radius 1 is 0.885 bits per heavy atom. The van der Waals surface area contributed by atoms with Crippen LogP contribution in [0.3, 0.4) is 0 Å². The van der Waals surface area contributed by atoms with Gasteiger partial charge in [0.25, 0.3) is 0 Å². The molecule has 0 aliphatic carbocycles. The summed E-state index contributed by atoms with van der Waals surface area (Å²) in [6, 6.07) is 2.62. The first-order chi connectivity index (χ1) is 12.3. The van der Waals surface area contributed by atoms with E-state index in [1.54, 1.807) is 0 Å². The van der Waals surface area contributed by atoms with E-state index in [2.05, 4.69) is 13.2 Å². The molecule has 2 N–H and O–H groups in total. The van der Waals surface area contributed by atoms with Gasteiger partial charge < -0.3 is 19.7 Å². The molecule has 0 saturated carbocycles. The molecule has 0 spiro atoms. The molecule has 8 nitrogen and oxygen atoms in total. The Bertz CT molecular complexity index is 748. The second-order valence-electron chi connectivity index (χ2n) is 4.98. The van der Waals surface area contributed by atoms with Crippen molar-refractivity contribution in [2.24, 2.45) is 0 Å². The highest BCUT2D eigenvalue weighted by Crippen LogP contribution is 2.22. The number of carbonyl (C=O) groups excluding carboxylic acids is 2. The SMILES string of the molecule is C=CC(=O)OCCc1ccc(C(=O)O)c(C(=O)O)c1CCOC(=O)C=C. The highest BCUT2D eigenvalue weighted by Gasteiger charge is 2.23. The van der Waals surface area contributed by atoms with Crippen molar-refractivity contribution >= 4 is 23.9 Å². The number of carboxylic acids is 2. The predicted molar refractivity (Wildman–Crippen MR) is 90.1 cm³/mol. The van der Waals surface area contributed by atoms with Crippen LogP contribution in [-0.2, 0) is 31.9 Å². The van der Waals surface area contributed by atoms with Crippen molar-refractivity contribution in [3.05, 3.63) is 59.7 Å². The lowest BCUT2D eigenvalue weighted by atomic mass is 9.92. The van der Waals surface area contributed by atoms with Crippen LogP contribution in [-0.4, -0.2) is 47.3 Å². The van der Waals surface area contributed by atoms with Crippen LogP contribution in [0.4, 0.5) is 0 Å². The van der Waals surface area contributed by atoms with Crippen LogP contribution in [0, 0.1) is 0 Å². The number of carboxylic acid groups (broad SMARTS) is 2. The van der Waals surface area contributed by atoms with Crippen molar-refractivity contribution < 1.29 is 38.9 Å². The number of carbonyl (C=O) groups is 4. The average Bonchev–Trinajstić information content (AvgIpc) is 2.61. The molecule has 0 atom stereocenters. The van der Waals surface area contributed by atoms with E-state index in [1.165, 1.54) is 12.1 Å². The van der Waals surface area contributed by atoms with Crippen LogP contribution in [0.25, 0.3) is 0 Å². The van der Waals surface area contributed by atoms with Crippen molar-refractivity contribution in [1.29, 1.82) is 0 Å². The molecule has 0 heterocycles. The predicted octanol–water partition coefficient (Wildman–Crippen LogP) is 1.63. The third-order valence-electron chi connectivity index (χ3n) is 3.40. The molecule has 138 valence electrons. The van der Waals surface area contributed by atoms with Crippen LogP contribution >= 0.6 is 0 Å². The minimum Gasteiger partial charge on any atom is -0.478 e. The molecule has 0 saturated heterocycles. The van der Waals surface area contributed by atoms with Gasteiger partial charge in [0, 0.05) is 25.0 Å². The number of hydrogen-bond donors (Lipinski definition) is 2. The Morgan fingerprint density at radius 3 is 1.88 bits per heavy atom. The quantitative estimate of drug-likeness (QED) is 0.475. The van der Waals surface area contributed by atoms with Gasteiger partial charge in [0.15, 0.2) is 0 Å². The first kappa shape index (κ1) is 20.6. The third-order valence-corrected chi connectivity index (χ3v) is 3.40. The lowest BCUT2D eigenvalue weighted by Crippen LogP contribution is -2.17. The monoisotopic (exact) mass is 362 g/mol. The molecule has 0 amide bonds. The maximum absolute atomic E-state index is 11.6. The smallest absolute Gasteiger partial charge is 0.336 e. The number of hydrogen-bond acceptors (Lipinski definition) is 6. The molecule has 1 aromatic carbocycles. The standard InChI is InChI=1S/C18H18O8/c1-3-14(19)25-9-7-11-5-6-13(17(21)22)16(18(23)24)12(11)8-10-26-15(20)4-2/h3-6H,1-2,7-10H2,(H,21,22)(H,23,24). The summed E-state index contributed by atoms with van der Waals surface area (Å²) in [7, 11) is 0. The lowest BCUT2D eigenvalue weighted by Gasteiger charge is -2.15. The number of aromatic carboxylic acids is 2. The Morgan fingerprint density at radius 2 is 1.42 bits per heavy atom. The maximum atomic E-state index is 11.6. The normalized spacial score (nSPS) is 9.85. The fourth-order valence-corrected chi connectivity index (χ4v) is 2.27. The number of ether oxygens (including phenoxy) is 2. The summed E-state index contributed by atoms with van der Waals surface area (Å²) in [5.41, 5.74) is -0.100. The molecule has 0 aliphatic rings. The molecule has 26 heavy (non-hydrogen) atoms. The summed E-state index contributed by atoms with van der Waals surface area (Å²) in [5, 5.41) is 18.7. The molecular weight excluding hydrogens is 344 g/mol. The minimum atomic E-state index is -1.42. The highest BCUT2D eigenvalue weighted by molar-refractivity contribution is 6.03. The second-order valence-corrected chi connectivity index (χ2v) is 4.98. The Kier molecular flexibility index (Phi) is 7.75. The zero-order valence-electron chi connectivity index (χ0n) is 13.9. The highest BCUT2D eigenvalue weighted by atomic mass is 16.5. The molecular formula is C18H18O8. The van der Waals surface area contributed by atoms with Crippen LogP contribution in [0.2, 0.25) is 0 Å². The topological polar surface area (TPSA) is 127 Å². The van der Waals surface area contributed by atoms with Crippen molar-refractivity contribution in [2.45, 2.75) is 12.8 Å². The summed E-state index contributed by atoms with van der Waals surface area (Å²) in [5.74, 6) is -4.13. The summed E-state index contributed by atoms with van der Waals surface area (Å²) in [6.07, 6.45) is 2.09. The van der Waals surface area contributed by atoms with E-state index in [-0.39, 0.29) is 42.7 Å². The van der Waals surface area contributed by atoms with Gasteiger partial charge in [-0.2, -0.15) is 0 Å². The van der Waals surface area contributed by atoms with Gasteiger partial charge in [-0.3, -0.25) is 0 Å². The van der Waals surface area contributed by atoms with Crippen molar-refractivity contribution in [3.63, 3.8) is 0 Å². The van der Waals surface area contributed by atoms with Crippen molar-refractivity contribution in [2.75, 3.05) is 13.2 Å². The van der Waals surface area contributed by atoms with E-state index < -0.39 is 23.9 Å². The van der Waals surface area contributed by atoms with E-state index in [4.69, 9.17) is 9.47 Å². The summed E-state index contributed by atoms with van der Waals surface area (Å²) < 4.78 is 9.72. The number of rotatable bonds is 10. The van der Waals surface area contributed by atoms with Crippen LogP contribution in [0.1, 0.15) is 31.8 Å². The first-order valence-corrected chi connectivity index (χ1v) is 7.51. The second kappa shape index (κ2) is 9.77. The van der Waals surface area contributed by atoms with E-state index in [9.17, 15) is 29.4 Å². The van der Waals surface area contributed by atoms with Gasteiger partial charge in [-0.1, -0.05) is 19.2 Å². The molecule has 1 rings (SSSR count). The fourth-order valence-electron chi connectivity index (χ4n) is 2.27. The molecule has 0 aliphatic heterocycles. The average molecular weight is 362 g/mol. The van der Waals surface area contributed by atoms with Crippen LogP contribution < -0.4 is 0 Å².